The predicted octanol–water partition coefficient (Wildman–Crippen LogP) is 5.23. The molecule has 0 aromatic heterocycles. The van der Waals surface area contributed by atoms with Crippen LogP contribution in [0, 0.1) is 13.8 Å². The van der Waals surface area contributed by atoms with Crippen molar-refractivity contribution in [2.24, 2.45) is 0 Å². The van der Waals surface area contributed by atoms with Gasteiger partial charge in [0, 0.05) is 13.1 Å². The second-order valence-corrected chi connectivity index (χ2v) is 11.9. The molecule has 1 N–H and O–H groups in total. The van der Waals surface area contributed by atoms with Gasteiger partial charge in [0.25, 0.3) is 10.0 Å². The van der Waals surface area contributed by atoms with Gasteiger partial charge in [-0.25, -0.2) is 8.42 Å². The van der Waals surface area contributed by atoms with Gasteiger partial charge in [-0.05, 0) is 68.1 Å². The average Bonchev–Trinajstić information content (AvgIpc) is 2.96. The van der Waals surface area contributed by atoms with Gasteiger partial charge in [0.05, 0.1) is 17.7 Å². The van der Waals surface area contributed by atoms with E-state index in [1.54, 1.807) is 49.6 Å². The monoisotopic (exact) mass is 579 g/mol. The van der Waals surface area contributed by atoms with Crippen LogP contribution in [0.4, 0.5) is 5.69 Å². The third-order valence-corrected chi connectivity index (χ3v) is 8.75. The molecule has 41 heavy (non-hydrogen) atoms. The standard InChI is InChI=1S/C32H41N3O5S/c1-6-8-20-33-32(37)29(7-2)34(22-26-13-11-14-27(21-26)40-5)31(36)23-35(30-15-10-9-12-25(30)4)41(38,39)28-18-16-24(3)17-19-28/h9-19,21,29H,6-8,20,22-23H2,1-5H3,(H,33,37)/t29-/m1/s1. The number of nitrogens with zero attached hydrogens (tertiary/aromatic N) is 2. The predicted molar refractivity (Wildman–Crippen MR) is 162 cm³/mol. The molecule has 3 rings (SSSR count). The van der Waals surface area contributed by atoms with Gasteiger partial charge in [-0.1, -0.05) is 68.3 Å². The van der Waals surface area contributed by atoms with E-state index in [1.165, 1.54) is 4.90 Å². The lowest BCUT2D eigenvalue weighted by Crippen LogP contribution is -2.52. The second-order valence-electron chi connectivity index (χ2n) is 10.1. The number of sulfonamides is 1. The van der Waals surface area contributed by atoms with E-state index in [0.29, 0.717) is 30.0 Å². The van der Waals surface area contributed by atoms with E-state index < -0.39 is 28.5 Å². The van der Waals surface area contributed by atoms with Crippen molar-refractivity contribution in [1.29, 1.82) is 0 Å². The highest BCUT2D eigenvalue weighted by Crippen LogP contribution is 2.28. The van der Waals surface area contributed by atoms with E-state index in [4.69, 9.17) is 4.74 Å². The quantitative estimate of drug-likeness (QED) is 0.264. The molecule has 0 aliphatic carbocycles. The lowest BCUT2D eigenvalue weighted by molar-refractivity contribution is -0.140. The van der Waals surface area contributed by atoms with Gasteiger partial charge >= 0.3 is 0 Å². The molecule has 0 saturated carbocycles. The Bertz CT molecular complexity index is 1420. The van der Waals surface area contributed by atoms with Crippen molar-refractivity contribution in [1.82, 2.24) is 10.2 Å². The number of unbranched alkanes of at least 4 members (excludes halogenated alkanes) is 1. The van der Waals surface area contributed by atoms with Crippen molar-refractivity contribution >= 4 is 27.5 Å². The van der Waals surface area contributed by atoms with Crippen molar-refractivity contribution in [2.45, 2.75) is 64.4 Å². The van der Waals surface area contributed by atoms with Crippen LogP contribution in [-0.2, 0) is 26.2 Å². The molecule has 0 aliphatic heterocycles. The fraction of sp³-hybridized carbons (Fsp3) is 0.375. The maximum Gasteiger partial charge on any atom is 0.264 e. The molecular formula is C32H41N3O5S. The molecule has 9 heteroatoms. The number of benzene rings is 3. The number of methoxy groups -OCH3 is 1. The minimum atomic E-state index is -4.11. The molecule has 0 spiro atoms. The highest BCUT2D eigenvalue weighted by Gasteiger charge is 2.34. The van der Waals surface area contributed by atoms with E-state index in [0.717, 1.165) is 28.3 Å². The number of nitrogens with one attached hydrogen (secondary N) is 1. The summed E-state index contributed by atoms with van der Waals surface area (Å²) in [6, 6.07) is 20.1. The summed E-state index contributed by atoms with van der Waals surface area (Å²) in [5.74, 6) is -0.121. The Morgan fingerprint density at radius 2 is 1.66 bits per heavy atom. The summed E-state index contributed by atoms with van der Waals surface area (Å²) < 4.78 is 34.5. The zero-order valence-corrected chi connectivity index (χ0v) is 25.4. The van der Waals surface area contributed by atoms with Crippen LogP contribution in [0.1, 0.15) is 49.8 Å². The van der Waals surface area contributed by atoms with Crippen molar-refractivity contribution in [3.05, 3.63) is 89.5 Å². The summed E-state index contributed by atoms with van der Waals surface area (Å²) in [5.41, 5.74) is 2.80. The molecular weight excluding hydrogens is 538 g/mol. The number of anilines is 1. The third kappa shape index (κ3) is 8.10. The van der Waals surface area contributed by atoms with Crippen molar-refractivity contribution in [3.8, 4) is 5.75 Å². The topological polar surface area (TPSA) is 96.0 Å². The second kappa shape index (κ2) is 14.7. The van der Waals surface area contributed by atoms with Crippen molar-refractivity contribution in [3.63, 3.8) is 0 Å². The first kappa shape index (κ1) is 31.7. The summed E-state index contributed by atoms with van der Waals surface area (Å²) in [5, 5.41) is 2.94. The fourth-order valence-electron chi connectivity index (χ4n) is 4.59. The van der Waals surface area contributed by atoms with Crippen LogP contribution in [0.15, 0.2) is 77.7 Å². The molecule has 0 radical (unpaired) electrons. The SMILES string of the molecule is CCCCNC(=O)[C@@H](CC)N(Cc1cccc(OC)c1)C(=O)CN(c1ccccc1C)S(=O)(=O)c1ccc(C)cc1. The van der Waals surface area contributed by atoms with Crippen molar-refractivity contribution in [2.75, 3.05) is 24.5 Å². The highest BCUT2D eigenvalue weighted by molar-refractivity contribution is 7.92. The minimum absolute atomic E-state index is 0.0860. The van der Waals surface area contributed by atoms with Crippen LogP contribution in [0.2, 0.25) is 0 Å². The Labute approximate surface area is 244 Å². The number of para-hydroxylation sites is 1. The molecule has 0 bridgehead atoms. The van der Waals surface area contributed by atoms with Gasteiger partial charge in [0.2, 0.25) is 11.8 Å². The summed E-state index contributed by atoms with van der Waals surface area (Å²) in [6.45, 7) is 7.72. The van der Waals surface area contributed by atoms with Crippen molar-refractivity contribution < 1.29 is 22.7 Å². The number of ether oxygens (including phenoxy) is 1. The Morgan fingerprint density at radius 1 is 0.951 bits per heavy atom. The van der Waals surface area contributed by atoms with E-state index in [-0.39, 0.29) is 17.3 Å². The third-order valence-electron chi connectivity index (χ3n) is 6.97. The lowest BCUT2D eigenvalue weighted by Gasteiger charge is -2.33. The smallest absolute Gasteiger partial charge is 0.264 e. The molecule has 1 atom stereocenters. The van der Waals surface area contributed by atoms with Crippen LogP contribution >= 0.6 is 0 Å². The van der Waals surface area contributed by atoms with Gasteiger partial charge in [-0.3, -0.25) is 13.9 Å². The number of amides is 2. The average molecular weight is 580 g/mol. The molecule has 3 aromatic rings. The number of aryl methyl sites for hydroxylation is 2. The van der Waals surface area contributed by atoms with Crippen LogP contribution in [-0.4, -0.2) is 51.4 Å². The first-order valence-electron chi connectivity index (χ1n) is 14.0. The summed E-state index contributed by atoms with van der Waals surface area (Å²) in [7, 11) is -2.55. The molecule has 3 aromatic carbocycles. The minimum Gasteiger partial charge on any atom is -0.497 e. The van der Waals surface area contributed by atoms with Gasteiger partial charge in [-0.15, -0.1) is 0 Å². The normalized spacial score (nSPS) is 11.9. The molecule has 0 unspecified atom stereocenters. The van der Waals surface area contributed by atoms with Crippen LogP contribution in [0.25, 0.3) is 0 Å². The summed E-state index contributed by atoms with van der Waals surface area (Å²) in [4.78, 5) is 29.0. The fourth-order valence-corrected chi connectivity index (χ4v) is 6.07. The van der Waals surface area contributed by atoms with Gasteiger partial charge in [0.1, 0.15) is 18.3 Å². The summed E-state index contributed by atoms with van der Waals surface area (Å²) in [6.07, 6.45) is 2.11. The number of hydrogen-bond acceptors (Lipinski definition) is 5. The molecule has 2 amide bonds. The molecule has 0 fully saturated rings. The zero-order valence-electron chi connectivity index (χ0n) is 24.6. The first-order valence-corrected chi connectivity index (χ1v) is 15.4. The molecule has 0 saturated heterocycles. The van der Waals surface area contributed by atoms with E-state index >= 15 is 0 Å². The first-order chi connectivity index (χ1) is 19.6. The molecule has 220 valence electrons. The van der Waals surface area contributed by atoms with Crippen LogP contribution in [0.5, 0.6) is 5.75 Å². The Kier molecular flexibility index (Phi) is 11.3. The molecule has 0 aliphatic rings. The van der Waals surface area contributed by atoms with Gasteiger partial charge in [-0.2, -0.15) is 0 Å². The maximum absolute atomic E-state index is 14.2. The molecule has 0 heterocycles. The number of carbonyl (C=O) groups excluding carboxylic acids is 2. The molecule has 8 nitrogen and oxygen atoms in total. The Balaban J connectivity index is 2.05. The number of carbonyl (C=O) groups is 2. The van der Waals surface area contributed by atoms with Crippen LogP contribution in [0.3, 0.4) is 0 Å². The van der Waals surface area contributed by atoms with Crippen LogP contribution < -0.4 is 14.4 Å². The lowest BCUT2D eigenvalue weighted by atomic mass is 10.1. The van der Waals surface area contributed by atoms with E-state index in [1.807, 2.05) is 58.0 Å². The Hall–Kier alpha value is -3.85. The van der Waals surface area contributed by atoms with E-state index in [9.17, 15) is 18.0 Å². The number of rotatable bonds is 14. The zero-order chi connectivity index (χ0) is 30.0. The maximum atomic E-state index is 14.2. The Morgan fingerprint density at radius 3 is 2.29 bits per heavy atom. The van der Waals surface area contributed by atoms with Gasteiger partial charge in [0.15, 0.2) is 0 Å². The largest absolute Gasteiger partial charge is 0.497 e. The summed E-state index contributed by atoms with van der Waals surface area (Å²) >= 11 is 0. The number of hydrogen-bond donors (Lipinski definition) is 1. The highest BCUT2D eigenvalue weighted by atomic mass is 32.2. The van der Waals surface area contributed by atoms with E-state index in [2.05, 4.69) is 5.32 Å². The van der Waals surface area contributed by atoms with Gasteiger partial charge < -0.3 is 15.0 Å².